The third-order valence-electron chi connectivity index (χ3n) is 3.80. The summed E-state index contributed by atoms with van der Waals surface area (Å²) >= 11 is 1.99. The van der Waals surface area contributed by atoms with Gasteiger partial charge in [0, 0.05) is 16.7 Å². The van der Waals surface area contributed by atoms with Gasteiger partial charge < -0.3 is 9.84 Å². The van der Waals surface area contributed by atoms with E-state index in [4.69, 9.17) is 4.74 Å². The number of ether oxygens (including phenoxy) is 1. The van der Waals surface area contributed by atoms with Crippen LogP contribution in [0.4, 0.5) is 32.2 Å². The Morgan fingerprint density at radius 3 is 2.48 bits per heavy atom. The van der Waals surface area contributed by atoms with E-state index in [0.717, 1.165) is 12.1 Å². The van der Waals surface area contributed by atoms with Crippen LogP contribution in [0.1, 0.15) is 19.0 Å². The maximum absolute atomic E-state index is 13.4. The van der Waals surface area contributed by atoms with E-state index in [2.05, 4.69) is 10.1 Å². The zero-order valence-electron chi connectivity index (χ0n) is 13.9. The molecule has 3 atom stereocenters. The quantitative estimate of drug-likeness (QED) is 0.272. The Bertz CT molecular complexity index is 682. The number of alkyl halides is 7. The van der Waals surface area contributed by atoms with Gasteiger partial charge in [-0.3, -0.25) is 0 Å². The van der Waals surface area contributed by atoms with E-state index >= 15 is 0 Å². The molecule has 0 radical (unpaired) electrons. The van der Waals surface area contributed by atoms with Crippen molar-refractivity contribution in [3.63, 3.8) is 0 Å². The number of aliphatic hydroxyl groups excluding tert-OH is 1. The van der Waals surface area contributed by atoms with Gasteiger partial charge >= 0.3 is 12.4 Å². The summed E-state index contributed by atoms with van der Waals surface area (Å²) in [6, 6.07) is 2.87. The predicted molar refractivity (Wildman–Crippen MR) is 93.6 cm³/mol. The number of hydrogen-bond acceptors (Lipinski definition) is 5. The van der Waals surface area contributed by atoms with E-state index in [1.54, 1.807) is 0 Å². The summed E-state index contributed by atoms with van der Waals surface area (Å²) in [5.41, 5.74) is -1.35. The third-order valence-corrected chi connectivity index (χ3v) is 4.57. The number of aromatic nitrogens is 1. The van der Waals surface area contributed by atoms with Crippen molar-refractivity contribution in [1.82, 2.24) is 4.98 Å². The van der Waals surface area contributed by atoms with Gasteiger partial charge in [0.1, 0.15) is 5.69 Å². The van der Waals surface area contributed by atoms with Crippen molar-refractivity contribution in [3.05, 3.63) is 23.9 Å². The molecule has 0 spiro atoms. The summed E-state index contributed by atoms with van der Waals surface area (Å²) in [7, 11) is 0. The van der Waals surface area contributed by atoms with Crippen LogP contribution in [0.15, 0.2) is 23.3 Å². The highest BCUT2D eigenvalue weighted by atomic mass is 127. The van der Waals surface area contributed by atoms with Gasteiger partial charge in [-0.25, -0.2) is 9.99 Å². The minimum Gasteiger partial charge on any atom is -0.371 e. The maximum atomic E-state index is 13.4. The molecule has 0 aliphatic carbocycles. The van der Waals surface area contributed by atoms with Gasteiger partial charge in [0.2, 0.25) is 0 Å². The molecule has 0 aromatic carbocycles. The molecule has 12 heteroatoms. The van der Waals surface area contributed by atoms with Crippen LogP contribution in [-0.2, 0) is 10.9 Å². The maximum Gasteiger partial charge on any atom is 0.433 e. The minimum absolute atomic E-state index is 0.112. The Kier molecular flexibility index (Phi) is 6.95. The molecule has 0 fully saturated rings. The van der Waals surface area contributed by atoms with Gasteiger partial charge in [0.25, 0.3) is 0 Å². The van der Waals surface area contributed by atoms with Gasteiger partial charge in [0.05, 0.1) is 5.92 Å². The average molecular weight is 511 g/mol. The highest BCUT2D eigenvalue weighted by Crippen LogP contribution is 2.37. The normalized spacial score (nSPS) is 22.1. The summed E-state index contributed by atoms with van der Waals surface area (Å²) in [6.45, 7) is 1.08. The van der Waals surface area contributed by atoms with Crippen molar-refractivity contribution in [2.45, 2.75) is 38.0 Å². The Balaban J connectivity index is 2.30. The highest BCUT2D eigenvalue weighted by molar-refractivity contribution is 14.1. The second-order valence-electron chi connectivity index (χ2n) is 5.78. The molecule has 1 aromatic rings. The van der Waals surface area contributed by atoms with Crippen LogP contribution in [0.5, 0.6) is 0 Å². The van der Waals surface area contributed by atoms with Crippen LogP contribution < -0.4 is 5.01 Å². The van der Waals surface area contributed by atoms with E-state index in [9.17, 15) is 31.4 Å². The molecule has 3 unspecified atom stereocenters. The third kappa shape index (κ3) is 5.22. The Hall–Kier alpha value is -1.15. The molecule has 1 N–H and O–H groups in total. The van der Waals surface area contributed by atoms with Gasteiger partial charge in [-0.2, -0.15) is 31.4 Å². The number of pyridine rings is 1. The highest BCUT2D eigenvalue weighted by Gasteiger charge is 2.53. The van der Waals surface area contributed by atoms with Crippen LogP contribution in [0.3, 0.4) is 0 Å². The summed E-state index contributed by atoms with van der Waals surface area (Å²) in [5.74, 6) is -2.00. The number of anilines is 1. The SMILES string of the molecule is CC1=NN(c2cccc(C(F)(F)F)n2)C(O)C1C(OCCCI)C(F)(F)F. The standard InChI is InChI=1S/C15H16F6IN3O2/c1-8-11(12(15(19,20)21)27-7-3-6-22)13(26)25(24-8)10-5-2-4-9(23-10)14(16,17)18/h2,4-5,11-13,26H,3,6-7H2,1H3. The lowest BCUT2D eigenvalue weighted by Gasteiger charge is -2.30. The molecular weight excluding hydrogens is 495 g/mol. The number of nitrogens with zero attached hydrogens (tertiary/aromatic N) is 3. The number of halogens is 7. The summed E-state index contributed by atoms with van der Waals surface area (Å²) in [4.78, 5) is 3.35. The van der Waals surface area contributed by atoms with E-state index in [0.29, 0.717) is 21.9 Å². The van der Waals surface area contributed by atoms with E-state index in [1.165, 1.54) is 6.92 Å². The van der Waals surface area contributed by atoms with E-state index < -0.39 is 42.1 Å². The van der Waals surface area contributed by atoms with Crippen molar-refractivity contribution in [1.29, 1.82) is 0 Å². The van der Waals surface area contributed by atoms with E-state index in [-0.39, 0.29) is 12.3 Å². The van der Waals surface area contributed by atoms with Crippen LogP contribution in [-0.4, -0.2) is 45.3 Å². The predicted octanol–water partition coefficient (Wildman–Crippen LogP) is 4.00. The fourth-order valence-electron chi connectivity index (χ4n) is 2.60. The zero-order chi connectivity index (χ0) is 20.4. The lowest BCUT2D eigenvalue weighted by molar-refractivity contribution is -0.235. The Morgan fingerprint density at radius 2 is 1.93 bits per heavy atom. The molecule has 1 aromatic heterocycles. The van der Waals surface area contributed by atoms with E-state index in [1.807, 2.05) is 22.6 Å². The first-order chi connectivity index (χ1) is 12.5. The summed E-state index contributed by atoms with van der Waals surface area (Å²) < 4.78 is 84.2. The molecule has 0 bridgehead atoms. The molecule has 2 heterocycles. The second kappa shape index (κ2) is 8.47. The lowest BCUT2D eigenvalue weighted by Crippen LogP contribution is -2.48. The first kappa shape index (κ1) is 22.1. The van der Waals surface area contributed by atoms with Crippen LogP contribution >= 0.6 is 22.6 Å². The first-order valence-corrected chi connectivity index (χ1v) is 9.30. The minimum atomic E-state index is -4.79. The van der Waals surface area contributed by atoms with Gasteiger partial charge in [-0.1, -0.05) is 28.7 Å². The van der Waals surface area contributed by atoms with Crippen LogP contribution in [0.25, 0.3) is 0 Å². The molecule has 1 aliphatic heterocycles. The van der Waals surface area contributed by atoms with Gasteiger partial charge in [0.15, 0.2) is 18.1 Å². The van der Waals surface area contributed by atoms with Crippen molar-refractivity contribution in [2.24, 2.45) is 11.0 Å². The lowest BCUT2D eigenvalue weighted by atomic mass is 9.95. The van der Waals surface area contributed by atoms with Crippen molar-refractivity contribution < 1.29 is 36.2 Å². The first-order valence-electron chi connectivity index (χ1n) is 7.77. The monoisotopic (exact) mass is 511 g/mol. The number of aliphatic hydroxyl groups is 1. The molecule has 0 saturated heterocycles. The topological polar surface area (TPSA) is 58.0 Å². The second-order valence-corrected chi connectivity index (χ2v) is 6.86. The Morgan fingerprint density at radius 1 is 1.26 bits per heavy atom. The number of hydrazone groups is 1. The van der Waals surface area contributed by atoms with Crippen LogP contribution in [0, 0.1) is 5.92 Å². The molecule has 0 amide bonds. The molecule has 27 heavy (non-hydrogen) atoms. The van der Waals surface area contributed by atoms with Crippen LogP contribution in [0.2, 0.25) is 0 Å². The molecular formula is C15H16F6IN3O2. The number of rotatable bonds is 6. The number of hydrogen-bond donors (Lipinski definition) is 1. The largest absolute Gasteiger partial charge is 0.433 e. The summed E-state index contributed by atoms with van der Waals surface area (Å²) in [6.07, 6.45) is -13.4. The van der Waals surface area contributed by atoms with Crippen molar-refractivity contribution in [3.8, 4) is 0 Å². The molecule has 5 nitrogen and oxygen atoms in total. The fraction of sp³-hybridized carbons (Fsp3) is 0.600. The average Bonchev–Trinajstić information content (AvgIpc) is 2.85. The van der Waals surface area contributed by atoms with Gasteiger partial charge in [-0.15, -0.1) is 0 Å². The molecule has 0 saturated carbocycles. The molecule has 152 valence electrons. The zero-order valence-corrected chi connectivity index (χ0v) is 16.1. The summed E-state index contributed by atoms with van der Waals surface area (Å²) in [5, 5.41) is 14.8. The van der Waals surface area contributed by atoms with Crippen molar-refractivity contribution in [2.75, 3.05) is 16.0 Å². The fourth-order valence-corrected chi connectivity index (χ4v) is 2.91. The molecule has 1 aliphatic rings. The molecule has 2 rings (SSSR count). The van der Waals surface area contributed by atoms with Crippen molar-refractivity contribution >= 4 is 34.1 Å². The van der Waals surface area contributed by atoms with Gasteiger partial charge in [-0.05, 0) is 25.5 Å². The smallest absolute Gasteiger partial charge is 0.371 e. The Labute approximate surface area is 164 Å².